The molecule has 0 fully saturated rings. The van der Waals surface area contributed by atoms with Gasteiger partial charge in [-0.2, -0.15) is 0 Å². The minimum absolute atomic E-state index is 0.0703. The molecule has 7 heteroatoms. The van der Waals surface area contributed by atoms with Gasteiger partial charge in [0.05, 0.1) is 5.75 Å². The van der Waals surface area contributed by atoms with Gasteiger partial charge in [0.15, 0.2) is 5.16 Å². The van der Waals surface area contributed by atoms with Crippen LogP contribution in [0.3, 0.4) is 0 Å². The fourth-order valence-corrected chi connectivity index (χ4v) is 3.61. The van der Waals surface area contributed by atoms with Gasteiger partial charge in [0.1, 0.15) is 6.33 Å². The third-order valence-electron chi connectivity index (χ3n) is 4.44. The Labute approximate surface area is 170 Å². The van der Waals surface area contributed by atoms with Crippen molar-refractivity contribution in [2.75, 3.05) is 29.1 Å². The van der Waals surface area contributed by atoms with E-state index < -0.39 is 0 Å². The van der Waals surface area contributed by atoms with Crippen LogP contribution in [0, 0.1) is 6.92 Å². The number of nitrogens with one attached hydrogen (secondary N) is 1. The maximum Gasteiger partial charge on any atom is 0.234 e. The third kappa shape index (κ3) is 4.92. The molecule has 0 bridgehead atoms. The maximum absolute atomic E-state index is 12.3. The predicted molar refractivity (Wildman–Crippen MR) is 115 cm³/mol. The number of benzene rings is 2. The zero-order chi connectivity index (χ0) is 19.9. The number of hydrogen-bond donors (Lipinski definition) is 1. The molecule has 1 aromatic heterocycles. The zero-order valence-electron chi connectivity index (χ0n) is 16.4. The number of hydrogen-bond acceptors (Lipinski definition) is 5. The first-order valence-electron chi connectivity index (χ1n) is 9.35. The molecule has 2 aromatic carbocycles. The van der Waals surface area contributed by atoms with Crippen LogP contribution in [0.5, 0.6) is 0 Å². The Hall–Kier alpha value is -2.80. The molecular weight excluding hydrogens is 370 g/mol. The number of nitrogens with zero attached hydrogens (tertiary/aromatic N) is 4. The van der Waals surface area contributed by atoms with Crippen LogP contribution in [0.2, 0.25) is 0 Å². The molecule has 1 N–H and O–H groups in total. The molecule has 0 aliphatic carbocycles. The first-order valence-corrected chi connectivity index (χ1v) is 10.3. The highest BCUT2D eigenvalue weighted by Gasteiger charge is 2.11. The van der Waals surface area contributed by atoms with Crippen molar-refractivity contribution in [3.8, 4) is 5.69 Å². The van der Waals surface area contributed by atoms with E-state index in [1.54, 1.807) is 6.33 Å². The Kier molecular flexibility index (Phi) is 6.71. The van der Waals surface area contributed by atoms with Gasteiger partial charge in [-0.15, -0.1) is 10.2 Å². The Balaban J connectivity index is 1.58. The van der Waals surface area contributed by atoms with Gasteiger partial charge in [-0.3, -0.25) is 9.36 Å². The smallest absolute Gasteiger partial charge is 0.234 e. The number of amides is 1. The lowest BCUT2D eigenvalue weighted by molar-refractivity contribution is -0.113. The van der Waals surface area contributed by atoms with Gasteiger partial charge in [0.2, 0.25) is 5.91 Å². The van der Waals surface area contributed by atoms with E-state index in [-0.39, 0.29) is 11.7 Å². The normalized spacial score (nSPS) is 10.7. The van der Waals surface area contributed by atoms with E-state index in [0.29, 0.717) is 5.16 Å². The fraction of sp³-hybridized carbons (Fsp3) is 0.286. The molecule has 0 aliphatic rings. The van der Waals surface area contributed by atoms with Gasteiger partial charge in [-0.1, -0.05) is 29.5 Å². The molecule has 3 rings (SSSR count). The zero-order valence-corrected chi connectivity index (χ0v) is 17.2. The van der Waals surface area contributed by atoms with E-state index >= 15 is 0 Å². The first-order chi connectivity index (χ1) is 13.6. The molecule has 0 radical (unpaired) electrons. The lowest BCUT2D eigenvalue weighted by Gasteiger charge is -2.21. The topological polar surface area (TPSA) is 63.1 Å². The number of thioether (sulfide) groups is 1. The largest absolute Gasteiger partial charge is 0.372 e. The average molecular weight is 396 g/mol. The van der Waals surface area contributed by atoms with Crippen LogP contribution in [0.25, 0.3) is 5.69 Å². The number of aryl methyl sites for hydroxylation is 1. The lowest BCUT2D eigenvalue weighted by Crippen LogP contribution is -2.21. The van der Waals surface area contributed by atoms with E-state index in [4.69, 9.17) is 0 Å². The summed E-state index contributed by atoms with van der Waals surface area (Å²) >= 11 is 1.36. The highest BCUT2D eigenvalue weighted by Crippen LogP contribution is 2.21. The molecular formula is C21H25N5OS. The Morgan fingerprint density at radius 1 is 1.07 bits per heavy atom. The van der Waals surface area contributed by atoms with Crippen molar-refractivity contribution in [1.82, 2.24) is 14.8 Å². The van der Waals surface area contributed by atoms with E-state index in [9.17, 15) is 4.79 Å². The van der Waals surface area contributed by atoms with Gasteiger partial charge in [0.25, 0.3) is 0 Å². The van der Waals surface area contributed by atoms with Gasteiger partial charge in [0, 0.05) is 30.2 Å². The molecule has 6 nitrogen and oxygen atoms in total. The predicted octanol–water partition coefficient (Wildman–Crippen LogP) is 4.15. The molecule has 3 aromatic rings. The van der Waals surface area contributed by atoms with E-state index in [1.807, 2.05) is 60.0 Å². The van der Waals surface area contributed by atoms with Crippen molar-refractivity contribution in [2.24, 2.45) is 0 Å². The first kappa shape index (κ1) is 19.9. The summed E-state index contributed by atoms with van der Waals surface area (Å²) in [5.41, 5.74) is 4.12. The molecule has 0 atom stereocenters. The second-order valence-electron chi connectivity index (χ2n) is 6.38. The van der Waals surface area contributed by atoms with Crippen LogP contribution in [0.4, 0.5) is 11.4 Å². The van der Waals surface area contributed by atoms with Crippen molar-refractivity contribution in [3.63, 3.8) is 0 Å². The van der Waals surface area contributed by atoms with Gasteiger partial charge in [-0.05, 0) is 57.2 Å². The van der Waals surface area contributed by atoms with E-state index in [1.165, 1.54) is 17.3 Å². The van der Waals surface area contributed by atoms with Crippen molar-refractivity contribution in [3.05, 3.63) is 60.4 Å². The van der Waals surface area contributed by atoms with Gasteiger partial charge in [-0.25, -0.2) is 0 Å². The molecule has 1 heterocycles. The number of aromatic nitrogens is 3. The summed E-state index contributed by atoms with van der Waals surface area (Å²) in [4.78, 5) is 14.6. The SMILES string of the molecule is CCN(CC)c1ccc(NC(=O)CSc2nncn2-c2ccc(C)cc2)cc1. The average Bonchev–Trinajstić information content (AvgIpc) is 3.18. The van der Waals surface area contributed by atoms with Gasteiger partial charge >= 0.3 is 0 Å². The van der Waals surface area contributed by atoms with Crippen LogP contribution in [0.1, 0.15) is 19.4 Å². The number of carbonyl (C=O) groups is 1. The minimum Gasteiger partial charge on any atom is -0.372 e. The highest BCUT2D eigenvalue weighted by atomic mass is 32.2. The summed E-state index contributed by atoms with van der Waals surface area (Å²) in [6.07, 6.45) is 1.66. The summed E-state index contributed by atoms with van der Waals surface area (Å²) < 4.78 is 1.89. The number of carbonyl (C=O) groups excluding carboxylic acids is 1. The van der Waals surface area contributed by atoms with E-state index in [2.05, 4.69) is 34.3 Å². The minimum atomic E-state index is -0.0703. The Morgan fingerprint density at radius 3 is 2.39 bits per heavy atom. The summed E-state index contributed by atoms with van der Waals surface area (Å²) in [6.45, 7) is 8.23. The van der Waals surface area contributed by atoms with E-state index in [0.717, 1.165) is 30.2 Å². The van der Waals surface area contributed by atoms with Crippen molar-refractivity contribution in [2.45, 2.75) is 25.9 Å². The molecule has 146 valence electrons. The summed E-state index contributed by atoms with van der Waals surface area (Å²) in [5.74, 6) is 0.196. The van der Waals surface area contributed by atoms with Crippen LogP contribution in [-0.2, 0) is 4.79 Å². The van der Waals surface area contributed by atoms with Gasteiger partial charge < -0.3 is 10.2 Å². The molecule has 0 aliphatic heterocycles. The van der Waals surface area contributed by atoms with Crippen molar-refractivity contribution >= 4 is 29.0 Å². The van der Waals surface area contributed by atoms with Crippen molar-refractivity contribution < 1.29 is 4.79 Å². The summed E-state index contributed by atoms with van der Waals surface area (Å²) in [5, 5.41) is 11.7. The summed E-state index contributed by atoms with van der Waals surface area (Å²) in [7, 11) is 0. The maximum atomic E-state index is 12.3. The van der Waals surface area contributed by atoms with Crippen LogP contribution in [0.15, 0.2) is 60.0 Å². The number of rotatable bonds is 8. The molecule has 28 heavy (non-hydrogen) atoms. The molecule has 0 saturated heterocycles. The van der Waals surface area contributed by atoms with Crippen LogP contribution >= 0.6 is 11.8 Å². The quantitative estimate of drug-likeness (QED) is 0.581. The second-order valence-corrected chi connectivity index (χ2v) is 7.32. The standard InChI is InChI=1S/C21H25N5OS/c1-4-25(5-2)18-12-8-17(9-13-18)23-20(27)14-28-21-24-22-15-26(21)19-10-6-16(3)7-11-19/h6-13,15H,4-5,14H2,1-3H3,(H,23,27). The molecule has 0 saturated carbocycles. The lowest BCUT2D eigenvalue weighted by atomic mass is 10.2. The number of anilines is 2. The molecule has 0 unspecified atom stereocenters. The second kappa shape index (κ2) is 9.41. The highest BCUT2D eigenvalue weighted by molar-refractivity contribution is 7.99. The Morgan fingerprint density at radius 2 is 1.75 bits per heavy atom. The fourth-order valence-electron chi connectivity index (χ4n) is 2.88. The van der Waals surface area contributed by atoms with Crippen LogP contribution < -0.4 is 10.2 Å². The molecule has 0 spiro atoms. The molecule has 1 amide bonds. The Bertz CT molecular complexity index is 901. The third-order valence-corrected chi connectivity index (χ3v) is 5.38. The monoisotopic (exact) mass is 395 g/mol. The van der Waals surface area contributed by atoms with Crippen LogP contribution in [-0.4, -0.2) is 39.5 Å². The summed E-state index contributed by atoms with van der Waals surface area (Å²) in [6, 6.07) is 16.0. The van der Waals surface area contributed by atoms with Crippen molar-refractivity contribution in [1.29, 1.82) is 0 Å².